The number of benzene rings is 3. The maximum Gasteiger partial charge on any atom is 0.372 e. The quantitative estimate of drug-likeness (QED) is 0.341. The fourth-order valence-electron chi connectivity index (χ4n) is 3.06. The Morgan fingerprint density at radius 1 is 1.00 bits per heavy atom. The van der Waals surface area contributed by atoms with E-state index >= 15 is 0 Å². The highest BCUT2D eigenvalue weighted by molar-refractivity contribution is 7.86. The smallest absolute Gasteiger partial charge is 0.372 e. The number of para-hydroxylation sites is 1. The average molecular weight is 415 g/mol. The first-order chi connectivity index (χ1) is 13.7. The summed E-state index contributed by atoms with van der Waals surface area (Å²) in [5, 5.41) is 22.9. The topological polar surface area (TPSA) is 141 Å². The number of carboxylic acid groups (broad SMARTS) is 1. The van der Waals surface area contributed by atoms with E-state index in [4.69, 9.17) is 5.11 Å². The zero-order valence-corrected chi connectivity index (χ0v) is 15.8. The van der Waals surface area contributed by atoms with Crippen molar-refractivity contribution in [3.63, 3.8) is 0 Å². The van der Waals surface area contributed by atoms with Gasteiger partial charge in [0.15, 0.2) is 0 Å². The van der Waals surface area contributed by atoms with E-state index in [0.717, 1.165) is 0 Å². The number of Topliss-reactive ketones (excluding diaryl/α,β-unsaturated/α-hetero) is 1. The van der Waals surface area contributed by atoms with Crippen LogP contribution in [0.3, 0.4) is 0 Å². The summed E-state index contributed by atoms with van der Waals surface area (Å²) < 4.78 is 32.4. The average Bonchev–Trinajstić information content (AvgIpc) is 2.66. The molecule has 0 bridgehead atoms. The first kappa shape index (κ1) is 20.3. The summed E-state index contributed by atoms with van der Waals surface area (Å²) in [6, 6.07) is 14.4. The molecular weight excluding hydrogens is 398 g/mol. The normalized spacial score (nSPS) is 12.4. The van der Waals surface area contributed by atoms with Gasteiger partial charge in [-0.2, -0.15) is 8.42 Å². The van der Waals surface area contributed by atoms with Gasteiger partial charge in [-0.3, -0.25) is 9.35 Å². The van der Waals surface area contributed by atoms with Crippen molar-refractivity contribution in [2.75, 3.05) is 5.32 Å². The van der Waals surface area contributed by atoms with Crippen LogP contribution in [-0.4, -0.2) is 34.9 Å². The number of anilines is 1. The third kappa shape index (κ3) is 4.53. The van der Waals surface area contributed by atoms with Crippen LogP contribution in [0.1, 0.15) is 18.0 Å². The molecule has 0 aromatic heterocycles. The van der Waals surface area contributed by atoms with E-state index in [9.17, 15) is 27.7 Å². The Morgan fingerprint density at radius 2 is 1.72 bits per heavy atom. The predicted octanol–water partition coefficient (Wildman–Crippen LogP) is 2.99. The van der Waals surface area contributed by atoms with Crippen molar-refractivity contribution >= 4 is 38.3 Å². The second-order valence-electron chi connectivity index (χ2n) is 6.36. The Kier molecular flexibility index (Phi) is 5.53. The summed E-state index contributed by atoms with van der Waals surface area (Å²) in [7, 11) is -4.40. The molecule has 0 saturated carbocycles. The fraction of sp³-hybridized carbons (Fsp3) is 0.100. The lowest BCUT2D eigenvalue weighted by Gasteiger charge is -2.20. The van der Waals surface area contributed by atoms with Gasteiger partial charge in [-0.1, -0.05) is 36.4 Å². The summed E-state index contributed by atoms with van der Waals surface area (Å²) in [6.07, 6.45) is -0.407. The minimum absolute atomic E-state index is 0.0994. The van der Waals surface area contributed by atoms with Crippen molar-refractivity contribution in [3.05, 3.63) is 66.2 Å². The molecule has 3 aromatic rings. The molecule has 9 heteroatoms. The number of nitrogens with one attached hydrogen (secondary N) is 1. The molecule has 29 heavy (non-hydrogen) atoms. The van der Waals surface area contributed by atoms with Crippen molar-refractivity contribution in [3.8, 4) is 5.75 Å². The van der Waals surface area contributed by atoms with Crippen LogP contribution in [0.25, 0.3) is 10.8 Å². The molecule has 0 saturated heterocycles. The second kappa shape index (κ2) is 7.90. The highest BCUT2D eigenvalue weighted by Crippen LogP contribution is 2.32. The number of rotatable bonds is 7. The number of phenolic OH excluding ortho intramolecular Hbond substituents is 1. The number of fused-ring (bicyclic) bond motifs is 1. The van der Waals surface area contributed by atoms with Gasteiger partial charge in [0.1, 0.15) is 10.6 Å². The molecule has 0 heterocycles. The minimum atomic E-state index is -4.40. The monoisotopic (exact) mass is 415 g/mol. The van der Waals surface area contributed by atoms with Crippen molar-refractivity contribution in [2.45, 2.75) is 17.4 Å². The second-order valence-corrected chi connectivity index (χ2v) is 7.75. The summed E-state index contributed by atoms with van der Waals surface area (Å²) in [6.45, 7) is 0. The summed E-state index contributed by atoms with van der Waals surface area (Å²) in [5.74, 6) is -2.71. The molecule has 8 nitrogen and oxygen atoms in total. The molecule has 1 unspecified atom stereocenters. The number of carboxylic acids is 1. The molecule has 0 amide bonds. The van der Waals surface area contributed by atoms with Crippen molar-refractivity contribution in [1.29, 1.82) is 0 Å². The van der Waals surface area contributed by atoms with E-state index in [1.165, 1.54) is 30.3 Å². The van der Waals surface area contributed by atoms with Gasteiger partial charge < -0.3 is 15.5 Å². The molecule has 4 N–H and O–H groups in total. The summed E-state index contributed by atoms with van der Waals surface area (Å²) in [4.78, 5) is 22.5. The Balaban J connectivity index is 2.01. The Hall–Kier alpha value is -3.43. The lowest BCUT2D eigenvalue weighted by molar-refractivity contribution is -0.149. The van der Waals surface area contributed by atoms with Crippen molar-refractivity contribution in [2.24, 2.45) is 0 Å². The zero-order chi connectivity index (χ0) is 21.2. The van der Waals surface area contributed by atoms with Crippen molar-refractivity contribution < 1.29 is 32.8 Å². The van der Waals surface area contributed by atoms with Gasteiger partial charge in [0.25, 0.3) is 10.1 Å². The van der Waals surface area contributed by atoms with E-state index < -0.39 is 34.3 Å². The molecular formula is C20H17NO7S. The molecule has 0 aliphatic rings. The van der Waals surface area contributed by atoms with Gasteiger partial charge in [0, 0.05) is 23.1 Å². The highest BCUT2D eigenvalue weighted by Gasteiger charge is 2.23. The Labute approximate surface area is 166 Å². The summed E-state index contributed by atoms with van der Waals surface area (Å²) >= 11 is 0. The van der Waals surface area contributed by atoms with Gasteiger partial charge in [-0.15, -0.1) is 0 Å². The van der Waals surface area contributed by atoms with Crippen LogP contribution in [0.5, 0.6) is 5.75 Å². The van der Waals surface area contributed by atoms with Gasteiger partial charge >= 0.3 is 5.97 Å². The molecule has 3 rings (SSSR count). The van der Waals surface area contributed by atoms with Crippen LogP contribution in [0.2, 0.25) is 0 Å². The molecule has 0 radical (unpaired) electrons. The number of hydrogen-bond donors (Lipinski definition) is 4. The van der Waals surface area contributed by atoms with E-state index in [-0.39, 0.29) is 10.6 Å². The first-order valence-corrected chi connectivity index (χ1v) is 9.91. The summed E-state index contributed by atoms with van der Waals surface area (Å²) in [5.41, 5.74) is 0.810. The van der Waals surface area contributed by atoms with Crippen molar-refractivity contribution in [1.82, 2.24) is 0 Å². The number of hydrogen-bond acceptors (Lipinski definition) is 6. The maximum atomic E-state index is 11.8. The standard InChI is InChI=1S/C20H17NO7S/c22-17-6-2-1-5-15(17)16(11-18(23)20(24)25)21-13-8-9-14-12(10-13)4-3-7-19(14)29(26,27)28/h1-10,16,21-22H,11H2,(H,24,25)(H,26,27,28). The van der Waals surface area contributed by atoms with Gasteiger partial charge in [-0.25, -0.2) is 4.79 Å². The van der Waals surface area contributed by atoms with Gasteiger partial charge in [0.05, 0.1) is 6.04 Å². The van der Waals surface area contributed by atoms with Crippen LogP contribution in [0.15, 0.2) is 65.6 Å². The van der Waals surface area contributed by atoms with Gasteiger partial charge in [0.2, 0.25) is 5.78 Å². The van der Waals surface area contributed by atoms with E-state index in [0.29, 0.717) is 22.0 Å². The van der Waals surface area contributed by atoms with E-state index in [1.54, 1.807) is 30.3 Å². The van der Waals surface area contributed by atoms with Crippen LogP contribution < -0.4 is 5.32 Å². The lowest BCUT2D eigenvalue weighted by Crippen LogP contribution is -2.21. The SMILES string of the molecule is O=C(O)C(=O)CC(Nc1ccc2c(S(=O)(=O)O)cccc2c1)c1ccccc1O. The third-order valence-electron chi connectivity index (χ3n) is 4.40. The number of carbonyl (C=O) groups excluding carboxylic acids is 1. The third-order valence-corrected chi connectivity index (χ3v) is 5.31. The molecule has 3 aromatic carbocycles. The van der Waals surface area contributed by atoms with Crippen LogP contribution in [-0.2, 0) is 19.7 Å². The molecule has 0 aliphatic carbocycles. The molecule has 150 valence electrons. The minimum Gasteiger partial charge on any atom is -0.508 e. The predicted molar refractivity (Wildman–Crippen MR) is 105 cm³/mol. The van der Waals surface area contributed by atoms with E-state index in [1.807, 2.05) is 0 Å². The molecule has 0 spiro atoms. The van der Waals surface area contributed by atoms with Crippen LogP contribution >= 0.6 is 0 Å². The lowest BCUT2D eigenvalue weighted by atomic mass is 9.99. The first-order valence-electron chi connectivity index (χ1n) is 8.47. The number of ketones is 1. The number of carbonyl (C=O) groups is 2. The maximum absolute atomic E-state index is 11.8. The largest absolute Gasteiger partial charge is 0.508 e. The van der Waals surface area contributed by atoms with Crippen LogP contribution in [0, 0.1) is 0 Å². The number of aromatic hydroxyl groups is 1. The Bertz CT molecular complexity index is 1200. The Morgan fingerprint density at radius 3 is 2.38 bits per heavy atom. The van der Waals surface area contributed by atoms with Crippen LogP contribution in [0.4, 0.5) is 5.69 Å². The number of phenols is 1. The fourth-order valence-corrected chi connectivity index (χ4v) is 3.78. The van der Waals surface area contributed by atoms with E-state index in [2.05, 4.69) is 5.32 Å². The highest BCUT2D eigenvalue weighted by atomic mass is 32.2. The molecule has 1 atom stereocenters. The number of aliphatic carboxylic acids is 1. The molecule has 0 aliphatic heterocycles. The zero-order valence-electron chi connectivity index (χ0n) is 14.9. The van der Waals surface area contributed by atoms with Gasteiger partial charge in [-0.05, 0) is 29.7 Å². The molecule has 0 fully saturated rings.